The first-order valence-electron chi connectivity index (χ1n) is 8.54. The van der Waals surface area contributed by atoms with Crippen LogP contribution in [0.2, 0.25) is 0 Å². The lowest BCUT2D eigenvalue weighted by molar-refractivity contribution is 0.0263. The molecule has 0 N–H and O–H groups in total. The summed E-state index contributed by atoms with van der Waals surface area (Å²) in [6.07, 6.45) is -0.152. The number of hydrogen-bond acceptors (Lipinski definition) is 3. The Bertz CT molecular complexity index is 540. The first-order valence-corrected chi connectivity index (χ1v) is 8.54. The maximum atomic E-state index is 12.1. The predicted octanol–water partition coefficient (Wildman–Crippen LogP) is 3.23. The van der Waals surface area contributed by atoms with Crippen LogP contribution in [0.4, 0.5) is 4.79 Å². The Balaban J connectivity index is 1.43. The second-order valence-electron chi connectivity index (χ2n) is 8.06. The molecular formula is C19H28N2O2. The average molecular weight is 316 g/mol. The lowest BCUT2D eigenvalue weighted by Crippen LogP contribution is -2.37. The van der Waals surface area contributed by atoms with E-state index in [-0.39, 0.29) is 6.09 Å². The molecule has 23 heavy (non-hydrogen) atoms. The van der Waals surface area contributed by atoms with Crippen molar-refractivity contribution >= 4 is 6.09 Å². The molecule has 2 fully saturated rings. The number of likely N-dealkylation sites (tertiary alicyclic amines) is 1. The Hall–Kier alpha value is -1.55. The lowest BCUT2D eigenvalue weighted by Gasteiger charge is -2.26. The van der Waals surface area contributed by atoms with Gasteiger partial charge in [0.1, 0.15) is 5.60 Å². The normalized spacial score (nSPS) is 26.3. The largest absolute Gasteiger partial charge is 0.444 e. The molecule has 0 bridgehead atoms. The highest BCUT2D eigenvalue weighted by Crippen LogP contribution is 2.52. The summed E-state index contributed by atoms with van der Waals surface area (Å²) in [5.74, 6) is 2.07. The first kappa shape index (κ1) is 16.3. The van der Waals surface area contributed by atoms with Gasteiger partial charge in [-0.25, -0.2) is 4.79 Å². The number of ether oxygens (including phenoxy) is 1. The minimum atomic E-state index is -0.404. The minimum Gasteiger partial charge on any atom is -0.444 e. The Morgan fingerprint density at radius 2 is 1.83 bits per heavy atom. The summed E-state index contributed by atoms with van der Waals surface area (Å²) in [6.45, 7) is 9.60. The van der Waals surface area contributed by atoms with E-state index in [1.165, 1.54) is 5.56 Å². The summed E-state index contributed by atoms with van der Waals surface area (Å²) < 4.78 is 5.46. The predicted molar refractivity (Wildman–Crippen MR) is 91.1 cm³/mol. The average Bonchev–Trinajstić information content (AvgIpc) is 2.91. The van der Waals surface area contributed by atoms with Crippen LogP contribution < -0.4 is 0 Å². The summed E-state index contributed by atoms with van der Waals surface area (Å²) in [4.78, 5) is 16.4. The number of hydrogen-bond donors (Lipinski definition) is 0. The molecule has 0 radical (unpaired) electrons. The topological polar surface area (TPSA) is 32.8 Å². The number of rotatable bonds is 4. The molecule has 0 aromatic heterocycles. The molecule has 2 aliphatic rings. The van der Waals surface area contributed by atoms with Gasteiger partial charge in [0.15, 0.2) is 0 Å². The fourth-order valence-electron chi connectivity index (χ4n) is 3.72. The lowest BCUT2D eigenvalue weighted by atomic mass is 10.2. The van der Waals surface area contributed by atoms with Gasteiger partial charge in [-0.1, -0.05) is 30.3 Å². The smallest absolute Gasteiger partial charge is 0.410 e. The van der Waals surface area contributed by atoms with E-state index in [0.29, 0.717) is 11.8 Å². The SMILES string of the molecule is CN(Cc1ccccc1)CC1[C@H]2CN(C(=O)OC(C)(C)C)C[C@@H]12. The third-order valence-corrected chi connectivity index (χ3v) is 4.84. The molecule has 1 aromatic rings. The van der Waals surface area contributed by atoms with Crippen molar-refractivity contribution in [3.05, 3.63) is 35.9 Å². The minimum absolute atomic E-state index is 0.152. The Labute approximate surface area is 139 Å². The number of benzene rings is 1. The molecule has 1 amide bonds. The molecule has 126 valence electrons. The van der Waals surface area contributed by atoms with Crippen LogP contribution in [0.25, 0.3) is 0 Å². The number of amides is 1. The second-order valence-corrected chi connectivity index (χ2v) is 8.06. The zero-order valence-electron chi connectivity index (χ0n) is 14.7. The van der Waals surface area contributed by atoms with Crippen molar-refractivity contribution in [1.82, 2.24) is 9.80 Å². The highest BCUT2D eigenvalue weighted by Gasteiger charge is 2.56. The van der Waals surface area contributed by atoms with Crippen LogP contribution in [-0.2, 0) is 11.3 Å². The fourth-order valence-corrected chi connectivity index (χ4v) is 3.72. The van der Waals surface area contributed by atoms with E-state index in [0.717, 1.165) is 32.1 Å². The molecule has 4 heteroatoms. The molecule has 1 heterocycles. The standard InChI is InChI=1S/C19H28N2O2/c1-19(2,3)23-18(22)21-12-16-15(17(16)13-21)11-20(4)10-14-8-6-5-7-9-14/h5-9,15-17H,10-13H2,1-4H3/t15?,16-,17+. The highest BCUT2D eigenvalue weighted by molar-refractivity contribution is 5.69. The summed E-state index contributed by atoms with van der Waals surface area (Å²) in [6, 6.07) is 10.6. The van der Waals surface area contributed by atoms with Gasteiger partial charge in [-0.15, -0.1) is 0 Å². The van der Waals surface area contributed by atoms with Crippen molar-refractivity contribution in [3.63, 3.8) is 0 Å². The van der Waals surface area contributed by atoms with Crippen molar-refractivity contribution in [2.45, 2.75) is 32.9 Å². The Morgan fingerprint density at radius 1 is 1.22 bits per heavy atom. The maximum absolute atomic E-state index is 12.1. The van der Waals surface area contributed by atoms with Gasteiger partial charge in [0.25, 0.3) is 0 Å². The molecule has 3 atom stereocenters. The van der Waals surface area contributed by atoms with Crippen LogP contribution >= 0.6 is 0 Å². The molecular weight excluding hydrogens is 288 g/mol. The number of fused-ring (bicyclic) bond motifs is 1. The molecule has 0 spiro atoms. The molecule has 1 aromatic carbocycles. The monoisotopic (exact) mass is 316 g/mol. The Morgan fingerprint density at radius 3 is 2.39 bits per heavy atom. The van der Waals surface area contributed by atoms with Gasteiger partial charge in [0.05, 0.1) is 0 Å². The van der Waals surface area contributed by atoms with Crippen LogP contribution in [0.3, 0.4) is 0 Å². The van der Waals surface area contributed by atoms with E-state index in [1.807, 2.05) is 25.7 Å². The summed E-state index contributed by atoms with van der Waals surface area (Å²) in [7, 11) is 2.19. The van der Waals surface area contributed by atoms with E-state index in [1.54, 1.807) is 0 Å². The zero-order valence-corrected chi connectivity index (χ0v) is 14.7. The number of carbonyl (C=O) groups excluding carboxylic acids is 1. The summed E-state index contributed by atoms with van der Waals surface area (Å²) >= 11 is 0. The molecule has 1 aliphatic carbocycles. The van der Waals surface area contributed by atoms with Gasteiger partial charge in [0.2, 0.25) is 0 Å². The van der Waals surface area contributed by atoms with E-state index < -0.39 is 5.60 Å². The summed E-state index contributed by atoms with van der Waals surface area (Å²) in [5, 5.41) is 0. The number of nitrogens with zero attached hydrogens (tertiary/aromatic N) is 2. The van der Waals surface area contributed by atoms with Gasteiger partial charge in [-0.05, 0) is 51.1 Å². The van der Waals surface area contributed by atoms with Gasteiger partial charge in [-0.2, -0.15) is 0 Å². The van der Waals surface area contributed by atoms with Gasteiger partial charge in [-0.3, -0.25) is 0 Å². The van der Waals surface area contributed by atoms with E-state index >= 15 is 0 Å². The van der Waals surface area contributed by atoms with Crippen LogP contribution in [0.1, 0.15) is 26.3 Å². The molecule has 1 saturated carbocycles. The molecule has 1 aliphatic heterocycles. The fraction of sp³-hybridized carbons (Fsp3) is 0.632. The quantitative estimate of drug-likeness (QED) is 0.855. The van der Waals surface area contributed by atoms with Gasteiger partial charge in [0, 0.05) is 26.2 Å². The van der Waals surface area contributed by atoms with Crippen molar-refractivity contribution in [2.24, 2.45) is 17.8 Å². The van der Waals surface area contributed by atoms with Crippen molar-refractivity contribution in [1.29, 1.82) is 0 Å². The molecule has 4 nitrogen and oxygen atoms in total. The molecule has 3 rings (SSSR count). The molecule has 1 unspecified atom stereocenters. The van der Waals surface area contributed by atoms with Gasteiger partial charge >= 0.3 is 6.09 Å². The Kier molecular flexibility index (Phi) is 4.37. The van der Waals surface area contributed by atoms with Crippen molar-refractivity contribution in [2.75, 3.05) is 26.7 Å². The first-order chi connectivity index (χ1) is 10.8. The van der Waals surface area contributed by atoms with E-state index in [9.17, 15) is 4.79 Å². The second kappa shape index (κ2) is 6.16. The van der Waals surface area contributed by atoms with Crippen LogP contribution in [0.15, 0.2) is 30.3 Å². The third-order valence-electron chi connectivity index (χ3n) is 4.84. The van der Waals surface area contributed by atoms with E-state index in [2.05, 4.69) is 42.3 Å². The van der Waals surface area contributed by atoms with Crippen molar-refractivity contribution in [3.8, 4) is 0 Å². The highest BCUT2D eigenvalue weighted by atomic mass is 16.6. The molecule has 1 saturated heterocycles. The number of piperidine rings is 1. The summed E-state index contributed by atoms with van der Waals surface area (Å²) in [5.41, 5.74) is 0.954. The maximum Gasteiger partial charge on any atom is 0.410 e. The zero-order chi connectivity index (χ0) is 16.6. The van der Waals surface area contributed by atoms with Gasteiger partial charge < -0.3 is 14.5 Å². The van der Waals surface area contributed by atoms with Crippen LogP contribution in [-0.4, -0.2) is 48.2 Å². The van der Waals surface area contributed by atoms with Crippen molar-refractivity contribution < 1.29 is 9.53 Å². The van der Waals surface area contributed by atoms with Crippen LogP contribution in [0, 0.1) is 17.8 Å². The number of carbonyl (C=O) groups is 1. The third kappa shape index (κ3) is 4.05. The van der Waals surface area contributed by atoms with E-state index in [4.69, 9.17) is 4.74 Å². The van der Waals surface area contributed by atoms with Crippen LogP contribution in [0.5, 0.6) is 0 Å².